The molecule has 0 bridgehead atoms. The van der Waals surface area contributed by atoms with Crippen molar-refractivity contribution in [3.05, 3.63) is 82.1 Å². The lowest BCUT2D eigenvalue weighted by atomic mass is 9.88. The zero-order valence-corrected chi connectivity index (χ0v) is 14.8. The van der Waals surface area contributed by atoms with Gasteiger partial charge in [-0.2, -0.15) is 0 Å². The maximum Gasteiger partial charge on any atom is 0.243 e. The highest BCUT2D eigenvalue weighted by Crippen LogP contribution is 2.32. The Bertz CT molecular complexity index is 835. The Morgan fingerprint density at radius 2 is 1.64 bits per heavy atom. The lowest BCUT2D eigenvalue weighted by molar-refractivity contribution is -0.124. The van der Waals surface area contributed by atoms with Crippen LogP contribution >= 0.6 is 11.3 Å². The Labute approximate surface area is 151 Å². The van der Waals surface area contributed by atoms with Crippen molar-refractivity contribution in [3.63, 3.8) is 0 Å². The number of primary amides is 1. The van der Waals surface area contributed by atoms with Gasteiger partial charge >= 0.3 is 0 Å². The molecule has 0 radical (unpaired) electrons. The number of nitrogens with one attached hydrogen (secondary N) is 1. The molecule has 6 heteroatoms. The van der Waals surface area contributed by atoms with Crippen molar-refractivity contribution < 1.29 is 4.79 Å². The molecule has 5 nitrogen and oxygen atoms in total. The minimum atomic E-state index is -0.969. The molecule has 0 aliphatic carbocycles. The summed E-state index contributed by atoms with van der Waals surface area (Å²) >= 11 is 1.59. The van der Waals surface area contributed by atoms with E-state index >= 15 is 0 Å². The van der Waals surface area contributed by atoms with Crippen molar-refractivity contribution in [2.45, 2.75) is 25.4 Å². The third-order valence-corrected chi connectivity index (χ3v) is 5.31. The number of aromatic nitrogens is 2. The maximum absolute atomic E-state index is 12.6. The van der Waals surface area contributed by atoms with Gasteiger partial charge in [-0.05, 0) is 54.4 Å². The lowest BCUT2D eigenvalue weighted by Crippen LogP contribution is -2.53. The van der Waals surface area contributed by atoms with Crippen LogP contribution in [0.2, 0.25) is 0 Å². The number of carbonyl (C=O) groups excluding carboxylic acids is 1. The lowest BCUT2D eigenvalue weighted by Gasteiger charge is -2.31. The summed E-state index contributed by atoms with van der Waals surface area (Å²) in [7, 11) is 0. The average Bonchev–Trinajstić information content (AvgIpc) is 3.07. The van der Waals surface area contributed by atoms with Gasteiger partial charge in [-0.1, -0.05) is 0 Å². The number of nitrogens with zero attached hydrogens (tertiary/aromatic N) is 2. The number of pyridine rings is 2. The second-order valence-electron chi connectivity index (χ2n) is 5.92. The van der Waals surface area contributed by atoms with Crippen LogP contribution in [-0.2, 0) is 23.3 Å². The minimum Gasteiger partial charge on any atom is -0.368 e. The van der Waals surface area contributed by atoms with E-state index in [2.05, 4.69) is 15.3 Å². The molecule has 1 unspecified atom stereocenters. The number of nitrogens with two attached hydrogens (primary N) is 1. The van der Waals surface area contributed by atoms with Crippen LogP contribution in [0.3, 0.4) is 0 Å². The molecule has 0 fully saturated rings. The second-order valence-corrected chi connectivity index (χ2v) is 7.21. The van der Waals surface area contributed by atoms with Gasteiger partial charge in [0, 0.05) is 47.5 Å². The average molecular weight is 352 g/mol. The van der Waals surface area contributed by atoms with Crippen molar-refractivity contribution in [2.75, 3.05) is 0 Å². The molecule has 3 aromatic rings. The van der Waals surface area contributed by atoms with Crippen molar-refractivity contribution in [1.29, 1.82) is 0 Å². The summed E-state index contributed by atoms with van der Waals surface area (Å²) < 4.78 is 0. The Hall–Kier alpha value is -2.57. The Morgan fingerprint density at radius 1 is 1.04 bits per heavy atom. The second kappa shape index (κ2) is 7.55. The van der Waals surface area contributed by atoms with Crippen molar-refractivity contribution in [3.8, 4) is 0 Å². The number of aryl methyl sites for hydroxylation is 1. The van der Waals surface area contributed by atoms with Crippen LogP contribution in [0.5, 0.6) is 0 Å². The summed E-state index contributed by atoms with van der Waals surface area (Å²) in [6.45, 7) is 2.54. The molecule has 3 N–H and O–H groups in total. The summed E-state index contributed by atoms with van der Waals surface area (Å²) in [5.74, 6) is -0.389. The molecule has 0 spiro atoms. The minimum absolute atomic E-state index is 0.389. The van der Waals surface area contributed by atoms with E-state index in [9.17, 15) is 4.79 Å². The number of carbonyl (C=O) groups is 1. The summed E-state index contributed by atoms with van der Waals surface area (Å²) in [6, 6.07) is 11.7. The fraction of sp³-hybridized carbons (Fsp3) is 0.211. The molecule has 1 amide bonds. The van der Waals surface area contributed by atoms with Crippen LogP contribution in [0, 0.1) is 6.92 Å². The van der Waals surface area contributed by atoms with E-state index in [0.717, 1.165) is 20.9 Å². The van der Waals surface area contributed by atoms with E-state index < -0.39 is 5.54 Å². The first-order chi connectivity index (χ1) is 12.1. The van der Waals surface area contributed by atoms with Gasteiger partial charge in [-0.15, -0.1) is 11.3 Å². The molecule has 0 saturated heterocycles. The molecule has 128 valence electrons. The third-order valence-electron chi connectivity index (χ3n) is 4.14. The van der Waals surface area contributed by atoms with Gasteiger partial charge in [-0.3, -0.25) is 20.1 Å². The van der Waals surface area contributed by atoms with Crippen LogP contribution < -0.4 is 11.1 Å². The van der Waals surface area contributed by atoms with Crippen LogP contribution in [0.15, 0.2) is 61.2 Å². The Balaban J connectivity index is 1.97. The summed E-state index contributed by atoms with van der Waals surface area (Å²) in [5, 5.41) is 3.41. The molecule has 0 aliphatic heterocycles. The smallest absolute Gasteiger partial charge is 0.243 e. The van der Waals surface area contributed by atoms with Crippen molar-refractivity contribution in [2.24, 2.45) is 5.73 Å². The van der Waals surface area contributed by atoms with Crippen molar-refractivity contribution in [1.82, 2.24) is 15.3 Å². The van der Waals surface area contributed by atoms with E-state index in [4.69, 9.17) is 5.73 Å². The van der Waals surface area contributed by atoms with Crippen LogP contribution in [0.4, 0.5) is 0 Å². The molecular weight excluding hydrogens is 332 g/mol. The molecule has 3 aromatic heterocycles. The number of hydrogen-bond donors (Lipinski definition) is 2. The zero-order valence-electron chi connectivity index (χ0n) is 14.0. The van der Waals surface area contributed by atoms with Gasteiger partial charge in [0.2, 0.25) is 5.91 Å². The van der Waals surface area contributed by atoms with Gasteiger partial charge in [0.1, 0.15) is 5.54 Å². The number of rotatable bonds is 7. The highest BCUT2D eigenvalue weighted by atomic mass is 32.1. The Morgan fingerprint density at radius 3 is 2.16 bits per heavy atom. The monoisotopic (exact) mass is 352 g/mol. The first-order valence-corrected chi connectivity index (χ1v) is 8.81. The van der Waals surface area contributed by atoms with E-state index in [1.807, 2.05) is 43.3 Å². The van der Waals surface area contributed by atoms with Crippen LogP contribution in [0.25, 0.3) is 0 Å². The third kappa shape index (κ3) is 3.92. The van der Waals surface area contributed by atoms with Crippen LogP contribution in [-0.4, -0.2) is 15.9 Å². The van der Waals surface area contributed by atoms with Gasteiger partial charge in [0.15, 0.2) is 0 Å². The molecule has 1 atom stereocenters. The zero-order chi connectivity index (χ0) is 17.7. The largest absolute Gasteiger partial charge is 0.368 e. The summed E-state index contributed by atoms with van der Waals surface area (Å²) in [6.07, 6.45) is 7.39. The Kier molecular flexibility index (Phi) is 5.21. The molecule has 3 heterocycles. The van der Waals surface area contributed by atoms with E-state index in [0.29, 0.717) is 13.0 Å². The van der Waals surface area contributed by atoms with Crippen molar-refractivity contribution >= 4 is 17.2 Å². The molecule has 25 heavy (non-hydrogen) atoms. The highest BCUT2D eigenvalue weighted by molar-refractivity contribution is 7.12. The topological polar surface area (TPSA) is 80.9 Å². The highest BCUT2D eigenvalue weighted by Gasteiger charge is 2.39. The fourth-order valence-electron chi connectivity index (χ4n) is 2.76. The first-order valence-electron chi connectivity index (χ1n) is 8.00. The van der Waals surface area contributed by atoms with Crippen LogP contribution in [0.1, 0.15) is 20.9 Å². The maximum atomic E-state index is 12.6. The van der Waals surface area contributed by atoms with E-state index in [1.54, 1.807) is 36.1 Å². The van der Waals surface area contributed by atoms with E-state index in [-0.39, 0.29) is 5.91 Å². The predicted octanol–water partition coefficient (Wildman–Crippen LogP) is 2.56. The van der Waals surface area contributed by atoms with Gasteiger partial charge < -0.3 is 5.73 Å². The number of hydrogen-bond acceptors (Lipinski definition) is 5. The normalized spacial score (nSPS) is 13.3. The standard InChI is InChI=1S/C19H20N4OS/c1-14-2-3-17(25-14)19(18(20)24,12-15-4-8-21-9-5-15)23-13-16-6-10-22-11-7-16/h2-11,23H,12-13H2,1H3,(H2,20,24). The molecule has 0 aliphatic rings. The SMILES string of the molecule is Cc1ccc(C(Cc2ccncc2)(NCc2ccncc2)C(N)=O)s1. The molecular formula is C19H20N4OS. The number of thiophene rings is 1. The quantitative estimate of drug-likeness (QED) is 0.685. The molecule has 3 rings (SSSR count). The van der Waals surface area contributed by atoms with Gasteiger partial charge in [-0.25, -0.2) is 0 Å². The number of amides is 1. The predicted molar refractivity (Wildman–Crippen MR) is 98.9 cm³/mol. The summed E-state index contributed by atoms with van der Waals surface area (Å²) in [4.78, 5) is 22.7. The van der Waals surface area contributed by atoms with Gasteiger partial charge in [0.25, 0.3) is 0 Å². The van der Waals surface area contributed by atoms with Gasteiger partial charge in [0.05, 0.1) is 0 Å². The first kappa shape index (κ1) is 17.3. The van der Waals surface area contributed by atoms with E-state index in [1.165, 1.54) is 0 Å². The molecule has 0 aromatic carbocycles. The molecule has 0 saturated carbocycles. The summed E-state index contributed by atoms with van der Waals surface area (Å²) in [5.41, 5.74) is 6.98. The fourth-order valence-corrected chi connectivity index (χ4v) is 3.79.